The van der Waals surface area contributed by atoms with Crippen LogP contribution in [0.2, 0.25) is 0 Å². The maximum Gasteiger partial charge on any atom is 0.260 e. The number of carbonyl (C=O) groups is 1. The highest BCUT2D eigenvalue weighted by molar-refractivity contribution is 6.09. The number of amides is 1. The number of furan rings is 1. The number of para-hydroxylation sites is 2. The maximum atomic E-state index is 13.4. The van der Waals surface area contributed by atoms with Gasteiger partial charge in [-0.15, -0.1) is 0 Å². The summed E-state index contributed by atoms with van der Waals surface area (Å²) in [5.41, 5.74) is 4.81. The number of carbonyl (C=O) groups excluding carboxylic acids is 1. The van der Waals surface area contributed by atoms with Crippen LogP contribution in [0.25, 0.3) is 27.5 Å². The standard InChI is InChI=1S/C26H20N2O4/c1-30-23-11-20-21(12-24(23)31-2)27-13-16-10-15(14-28(16)26(20)29)17-7-5-8-19-18-6-3-4-9-22(18)32-25(17)19/h3-9,11-14,16H,10H2,1-2H3/t16-/m0/s1. The lowest BCUT2D eigenvalue weighted by Crippen LogP contribution is -2.32. The van der Waals surface area contributed by atoms with Crippen molar-refractivity contribution in [3.05, 3.63) is 71.9 Å². The Labute approximate surface area is 184 Å². The number of aliphatic imine (C=N–C) groups is 1. The van der Waals surface area contributed by atoms with Crippen LogP contribution in [0.3, 0.4) is 0 Å². The number of nitrogens with zero attached hydrogens (tertiary/aromatic N) is 2. The van der Waals surface area contributed by atoms with E-state index in [0.29, 0.717) is 29.2 Å². The van der Waals surface area contributed by atoms with Crippen molar-refractivity contribution in [2.45, 2.75) is 12.5 Å². The van der Waals surface area contributed by atoms with Gasteiger partial charge in [0, 0.05) is 41.2 Å². The van der Waals surface area contributed by atoms with Gasteiger partial charge in [-0.25, -0.2) is 0 Å². The Bertz CT molecular complexity index is 1460. The molecule has 0 radical (unpaired) electrons. The monoisotopic (exact) mass is 424 g/mol. The van der Waals surface area contributed by atoms with Gasteiger partial charge in [-0.2, -0.15) is 0 Å². The van der Waals surface area contributed by atoms with E-state index in [9.17, 15) is 4.79 Å². The van der Waals surface area contributed by atoms with Crippen molar-refractivity contribution in [1.29, 1.82) is 0 Å². The van der Waals surface area contributed by atoms with E-state index in [2.05, 4.69) is 17.1 Å². The van der Waals surface area contributed by atoms with E-state index in [1.165, 1.54) is 0 Å². The molecule has 0 N–H and O–H groups in total. The quantitative estimate of drug-likeness (QED) is 0.431. The Morgan fingerprint density at radius 1 is 0.969 bits per heavy atom. The van der Waals surface area contributed by atoms with E-state index in [0.717, 1.165) is 33.1 Å². The number of fused-ring (bicyclic) bond motifs is 5. The van der Waals surface area contributed by atoms with Crippen molar-refractivity contribution in [2.75, 3.05) is 14.2 Å². The second kappa shape index (κ2) is 6.99. The number of hydrogen-bond acceptors (Lipinski definition) is 5. The number of hydrogen-bond donors (Lipinski definition) is 0. The van der Waals surface area contributed by atoms with Crippen LogP contribution in [0.15, 0.2) is 70.2 Å². The van der Waals surface area contributed by atoms with Gasteiger partial charge in [0.15, 0.2) is 11.5 Å². The van der Waals surface area contributed by atoms with Crippen molar-refractivity contribution in [2.24, 2.45) is 4.99 Å². The largest absolute Gasteiger partial charge is 0.493 e. The van der Waals surface area contributed by atoms with Crippen LogP contribution in [-0.2, 0) is 0 Å². The zero-order valence-corrected chi connectivity index (χ0v) is 17.7. The third-order valence-corrected chi connectivity index (χ3v) is 6.18. The molecule has 1 aromatic heterocycles. The van der Waals surface area contributed by atoms with Crippen LogP contribution in [0.4, 0.5) is 5.69 Å². The summed E-state index contributed by atoms with van der Waals surface area (Å²) in [7, 11) is 3.12. The summed E-state index contributed by atoms with van der Waals surface area (Å²) in [6.07, 6.45) is 4.42. The number of methoxy groups -OCH3 is 2. The Hall–Kier alpha value is -4.06. The van der Waals surface area contributed by atoms with Gasteiger partial charge in [0.05, 0.1) is 31.5 Å². The van der Waals surface area contributed by atoms with Crippen molar-refractivity contribution < 1.29 is 18.7 Å². The number of ether oxygens (including phenoxy) is 2. The minimum atomic E-state index is -0.165. The molecule has 2 aliphatic heterocycles. The Balaban J connectivity index is 1.45. The summed E-state index contributed by atoms with van der Waals surface area (Å²) in [4.78, 5) is 19.8. The van der Waals surface area contributed by atoms with Gasteiger partial charge in [0.25, 0.3) is 5.91 Å². The third kappa shape index (κ3) is 2.66. The molecule has 0 bridgehead atoms. The summed E-state index contributed by atoms with van der Waals surface area (Å²) in [6.45, 7) is 0. The molecule has 32 heavy (non-hydrogen) atoms. The van der Waals surface area contributed by atoms with Gasteiger partial charge in [-0.1, -0.05) is 36.4 Å². The van der Waals surface area contributed by atoms with Gasteiger partial charge in [0.2, 0.25) is 0 Å². The molecule has 0 unspecified atom stereocenters. The number of benzene rings is 3. The molecule has 158 valence electrons. The third-order valence-electron chi connectivity index (χ3n) is 6.18. The lowest BCUT2D eigenvalue weighted by atomic mass is 10.00. The SMILES string of the molecule is COc1cc2c(cc1OC)C(=O)N1C=C(c3cccc4c3oc3ccccc34)C[C@H]1C=N2. The highest BCUT2D eigenvalue weighted by Crippen LogP contribution is 2.41. The molecule has 1 atom stereocenters. The highest BCUT2D eigenvalue weighted by Gasteiger charge is 2.34. The molecule has 3 aromatic carbocycles. The second-order valence-electron chi connectivity index (χ2n) is 7.92. The Morgan fingerprint density at radius 2 is 1.75 bits per heavy atom. The Kier molecular flexibility index (Phi) is 4.08. The first-order valence-electron chi connectivity index (χ1n) is 10.4. The van der Waals surface area contributed by atoms with Crippen LogP contribution in [0.5, 0.6) is 11.5 Å². The molecular formula is C26H20N2O4. The zero-order chi connectivity index (χ0) is 21.8. The first-order valence-corrected chi connectivity index (χ1v) is 10.4. The summed E-state index contributed by atoms with van der Waals surface area (Å²) < 4.78 is 17.0. The maximum absolute atomic E-state index is 13.4. The lowest BCUT2D eigenvalue weighted by molar-refractivity contribution is 0.0817. The van der Waals surface area contributed by atoms with Crippen molar-refractivity contribution in [3.8, 4) is 11.5 Å². The topological polar surface area (TPSA) is 64.3 Å². The predicted octanol–water partition coefficient (Wildman–Crippen LogP) is 5.57. The first-order chi connectivity index (χ1) is 15.7. The molecule has 0 aliphatic carbocycles. The minimum Gasteiger partial charge on any atom is -0.493 e. The molecule has 3 heterocycles. The van der Waals surface area contributed by atoms with Crippen LogP contribution >= 0.6 is 0 Å². The molecule has 0 fully saturated rings. The van der Waals surface area contributed by atoms with Gasteiger partial charge in [-0.05, 0) is 17.7 Å². The fourth-order valence-corrected chi connectivity index (χ4v) is 4.61. The molecule has 4 aromatic rings. The van der Waals surface area contributed by atoms with Gasteiger partial charge < -0.3 is 18.8 Å². The summed E-state index contributed by atoms with van der Waals surface area (Å²) >= 11 is 0. The fourth-order valence-electron chi connectivity index (χ4n) is 4.61. The van der Waals surface area contributed by atoms with E-state index in [4.69, 9.17) is 13.9 Å². The molecule has 0 saturated heterocycles. The molecule has 6 heteroatoms. The lowest BCUT2D eigenvalue weighted by Gasteiger charge is -2.18. The smallest absolute Gasteiger partial charge is 0.260 e. The molecule has 6 rings (SSSR count). The molecular weight excluding hydrogens is 404 g/mol. The summed E-state index contributed by atoms with van der Waals surface area (Å²) in [5, 5.41) is 2.16. The highest BCUT2D eigenvalue weighted by atomic mass is 16.5. The molecule has 2 aliphatic rings. The normalized spacial score (nSPS) is 17.3. The second-order valence-corrected chi connectivity index (χ2v) is 7.92. The van der Waals surface area contributed by atoms with E-state index in [1.54, 1.807) is 31.3 Å². The fraction of sp³-hybridized carbons (Fsp3) is 0.154. The van der Waals surface area contributed by atoms with Crippen LogP contribution in [0.1, 0.15) is 22.3 Å². The van der Waals surface area contributed by atoms with E-state index < -0.39 is 0 Å². The minimum absolute atomic E-state index is 0.116. The molecule has 6 nitrogen and oxygen atoms in total. The zero-order valence-electron chi connectivity index (χ0n) is 17.7. The molecule has 0 saturated carbocycles. The predicted molar refractivity (Wildman–Crippen MR) is 124 cm³/mol. The van der Waals surface area contributed by atoms with Crippen molar-refractivity contribution >= 4 is 45.3 Å². The van der Waals surface area contributed by atoms with Crippen molar-refractivity contribution in [3.63, 3.8) is 0 Å². The summed E-state index contributed by atoms with van der Waals surface area (Å²) in [6, 6.07) is 17.4. The van der Waals surface area contributed by atoms with E-state index >= 15 is 0 Å². The first kappa shape index (κ1) is 18.7. The van der Waals surface area contributed by atoms with Gasteiger partial charge in [0.1, 0.15) is 11.2 Å². The molecule has 0 spiro atoms. The van der Waals surface area contributed by atoms with Crippen LogP contribution < -0.4 is 9.47 Å². The summed E-state index contributed by atoms with van der Waals surface area (Å²) in [5.74, 6) is 0.935. The van der Waals surface area contributed by atoms with Crippen molar-refractivity contribution in [1.82, 2.24) is 4.90 Å². The van der Waals surface area contributed by atoms with Crippen LogP contribution in [0, 0.1) is 0 Å². The average molecular weight is 424 g/mol. The van der Waals surface area contributed by atoms with Gasteiger partial charge >= 0.3 is 0 Å². The Morgan fingerprint density at radius 3 is 2.59 bits per heavy atom. The van der Waals surface area contributed by atoms with Crippen LogP contribution in [-0.4, -0.2) is 37.3 Å². The molecule has 1 amide bonds. The average Bonchev–Trinajstić information content (AvgIpc) is 3.40. The van der Waals surface area contributed by atoms with E-state index in [-0.39, 0.29) is 11.9 Å². The van der Waals surface area contributed by atoms with E-state index in [1.807, 2.05) is 42.7 Å². The number of rotatable bonds is 3. The van der Waals surface area contributed by atoms with Gasteiger partial charge in [-0.3, -0.25) is 9.79 Å².